The van der Waals surface area contributed by atoms with Crippen molar-refractivity contribution in [3.63, 3.8) is 0 Å². The van der Waals surface area contributed by atoms with Gasteiger partial charge in [0.15, 0.2) is 20.4 Å². The van der Waals surface area contributed by atoms with Crippen molar-refractivity contribution in [3.8, 4) is 11.6 Å². The summed E-state index contributed by atoms with van der Waals surface area (Å²) in [7, 11) is -10.4. The van der Waals surface area contributed by atoms with E-state index < -0.39 is 48.4 Å². The first kappa shape index (κ1) is 26.6. The van der Waals surface area contributed by atoms with Gasteiger partial charge in [-0.2, -0.15) is 13.2 Å². The van der Waals surface area contributed by atoms with Gasteiger partial charge in [0.25, 0.3) is 9.84 Å². The molecule has 1 fully saturated rings. The van der Waals surface area contributed by atoms with Crippen LogP contribution < -0.4 is 5.46 Å². The Morgan fingerprint density at radius 3 is 2.11 bits per heavy atom. The highest BCUT2D eigenvalue weighted by atomic mass is 32.2. The molecule has 0 bridgehead atoms. The summed E-state index contributed by atoms with van der Waals surface area (Å²) < 4.78 is 105. The van der Waals surface area contributed by atoms with Crippen molar-refractivity contribution in [3.05, 3.63) is 30.3 Å². The van der Waals surface area contributed by atoms with E-state index in [0.717, 1.165) is 18.2 Å². The zero-order valence-corrected chi connectivity index (χ0v) is 21.5. The monoisotopic (exact) mass is 546 g/mol. The number of hydrogen-bond donors (Lipinski definition) is 0. The van der Waals surface area contributed by atoms with Gasteiger partial charge in [-0.3, -0.25) is 0 Å². The number of nitrogens with zero attached hydrogens (tertiary/aromatic N) is 2. The second-order valence-corrected chi connectivity index (χ2v) is 13.3. The summed E-state index contributed by atoms with van der Waals surface area (Å²) in [6.07, 6.45) is 0. The Labute approximate surface area is 206 Å². The van der Waals surface area contributed by atoms with Crippen LogP contribution in [0.2, 0.25) is 0 Å². The summed E-state index contributed by atoms with van der Waals surface area (Å²) in [5.41, 5.74) is -7.01. The number of hydrogen-bond acceptors (Lipinski definition) is 9. The summed E-state index contributed by atoms with van der Waals surface area (Å²) >= 11 is 0. The SMILES string of the molecule is CCS(=O)(=O)c1ccc(B2OC(C)(C)C(C)(C)O2)c(-c2nc3cc(S(=O)(=O)C(F)(F)F)ccc3o2)n1. The van der Waals surface area contributed by atoms with Crippen molar-refractivity contribution in [2.24, 2.45) is 0 Å². The molecule has 1 aromatic carbocycles. The molecule has 0 atom stereocenters. The van der Waals surface area contributed by atoms with E-state index in [1.807, 2.05) is 27.7 Å². The Bertz CT molecular complexity index is 1550. The van der Waals surface area contributed by atoms with Crippen LogP contribution in [0, 0.1) is 0 Å². The van der Waals surface area contributed by atoms with Crippen LogP contribution in [0.5, 0.6) is 0 Å². The van der Waals surface area contributed by atoms with Crippen molar-refractivity contribution in [2.75, 3.05) is 5.75 Å². The summed E-state index contributed by atoms with van der Waals surface area (Å²) in [5.74, 6) is -0.481. The molecule has 3 aromatic rings. The quantitative estimate of drug-likeness (QED) is 0.444. The molecular formula is C21H22BF3N2O7S2. The number of rotatable bonds is 5. The van der Waals surface area contributed by atoms with Gasteiger partial charge in [0, 0.05) is 5.46 Å². The third kappa shape index (κ3) is 4.31. The first-order valence-electron chi connectivity index (χ1n) is 10.7. The highest BCUT2D eigenvalue weighted by molar-refractivity contribution is 7.92. The van der Waals surface area contributed by atoms with Crippen LogP contribution in [0.1, 0.15) is 34.6 Å². The summed E-state index contributed by atoms with van der Waals surface area (Å²) in [4.78, 5) is 7.34. The lowest BCUT2D eigenvalue weighted by atomic mass is 9.77. The van der Waals surface area contributed by atoms with E-state index in [4.69, 9.17) is 13.7 Å². The Kier molecular flexibility index (Phi) is 6.10. The van der Waals surface area contributed by atoms with E-state index in [9.17, 15) is 30.0 Å². The lowest BCUT2D eigenvalue weighted by Crippen LogP contribution is -2.41. The predicted octanol–water partition coefficient (Wildman–Crippen LogP) is 3.28. The number of pyridine rings is 1. The number of fused-ring (bicyclic) bond motifs is 1. The average molecular weight is 546 g/mol. The van der Waals surface area contributed by atoms with E-state index in [1.54, 1.807) is 0 Å². The van der Waals surface area contributed by atoms with E-state index in [0.29, 0.717) is 0 Å². The van der Waals surface area contributed by atoms with Crippen LogP contribution in [-0.2, 0) is 29.0 Å². The van der Waals surface area contributed by atoms with Gasteiger partial charge in [-0.15, -0.1) is 0 Å². The van der Waals surface area contributed by atoms with Crippen LogP contribution >= 0.6 is 0 Å². The summed E-state index contributed by atoms with van der Waals surface area (Å²) in [6, 6.07) is 5.25. The third-order valence-electron chi connectivity index (χ3n) is 6.28. The number of alkyl halides is 3. The number of aromatic nitrogens is 2. The van der Waals surface area contributed by atoms with Crippen LogP contribution in [0.3, 0.4) is 0 Å². The summed E-state index contributed by atoms with van der Waals surface area (Å²) in [5, 5.41) is -0.275. The molecule has 0 radical (unpaired) electrons. The fourth-order valence-electron chi connectivity index (χ4n) is 3.41. The van der Waals surface area contributed by atoms with Gasteiger partial charge in [0.1, 0.15) is 11.2 Å². The van der Waals surface area contributed by atoms with Gasteiger partial charge in [0.2, 0.25) is 5.89 Å². The number of oxazole rings is 1. The maximum Gasteiger partial charge on any atom is 0.501 e. The fourth-order valence-corrected chi connectivity index (χ4v) is 5.00. The van der Waals surface area contributed by atoms with Crippen molar-refractivity contribution in [1.29, 1.82) is 0 Å². The molecule has 36 heavy (non-hydrogen) atoms. The molecule has 1 aliphatic rings. The standard InChI is InChI=1S/C21H22BF3N2O7S2/c1-6-35(28,29)16-10-8-13(22-33-19(2,3)20(4,5)34-22)17(27-16)18-26-14-11-12(7-9-15(14)32-18)36(30,31)21(23,24)25/h7-11H,6H2,1-5H3. The van der Waals surface area contributed by atoms with Gasteiger partial charge in [-0.25, -0.2) is 26.8 Å². The van der Waals surface area contributed by atoms with Crippen molar-refractivity contribution in [2.45, 2.75) is 61.3 Å². The van der Waals surface area contributed by atoms with Gasteiger partial charge in [-0.1, -0.05) is 13.0 Å². The minimum absolute atomic E-state index is 0.0310. The van der Waals surface area contributed by atoms with E-state index in [-0.39, 0.29) is 38.9 Å². The van der Waals surface area contributed by atoms with Crippen molar-refractivity contribution >= 4 is 43.4 Å². The fraction of sp³-hybridized carbons (Fsp3) is 0.429. The molecule has 3 heterocycles. The normalized spacial score (nSPS) is 18.2. The molecule has 1 saturated heterocycles. The maximum atomic E-state index is 13.0. The van der Waals surface area contributed by atoms with Gasteiger partial charge >= 0.3 is 12.6 Å². The topological polar surface area (TPSA) is 126 Å². The molecule has 15 heteroatoms. The summed E-state index contributed by atoms with van der Waals surface area (Å²) in [6.45, 7) is 8.72. The molecule has 0 amide bonds. The minimum Gasteiger partial charge on any atom is -0.435 e. The van der Waals surface area contributed by atoms with Gasteiger partial charge in [-0.05, 0) is 52.0 Å². The molecule has 0 saturated carbocycles. The molecule has 194 valence electrons. The molecule has 0 spiro atoms. The third-order valence-corrected chi connectivity index (χ3v) is 9.39. The number of benzene rings is 1. The van der Waals surface area contributed by atoms with Crippen LogP contribution in [0.15, 0.2) is 44.7 Å². The zero-order valence-electron chi connectivity index (χ0n) is 19.9. The molecule has 2 aromatic heterocycles. The van der Waals surface area contributed by atoms with E-state index in [2.05, 4.69) is 9.97 Å². The highest BCUT2D eigenvalue weighted by Gasteiger charge is 2.53. The Hall–Kier alpha value is -2.49. The first-order valence-corrected chi connectivity index (χ1v) is 13.8. The maximum absolute atomic E-state index is 13.0. The lowest BCUT2D eigenvalue weighted by Gasteiger charge is -2.32. The second-order valence-electron chi connectivity index (χ2n) is 9.18. The van der Waals surface area contributed by atoms with Crippen molar-refractivity contribution < 1.29 is 43.7 Å². The Morgan fingerprint density at radius 2 is 1.56 bits per heavy atom. The number of halogens is 3. The lowest BCUT2D eigenvalue weighted by molar-refractivity contribution is -0.0436. The smallest absolute Gasteiger partial charge is 0.435 e. The first-order chi connectivity index (χ1) is 16.4. The second kappa shape index (κ2) is 8.26. The van der Waals surface area contributed by atoms with Gasteiger partial charge < -0.3 is 13.7 Å². The van der Waals surface area contributed by atoms with E-state index >= 15 is 0 Å². The largest absolute Gasteiger partial charge is 0.501 e. The molecule has 4 rings (SSSR count). The molecule has 0 N–H and O–H groups in total. The van der Waals surface area contributed by atoms with Crippen LogP contribution in [0.25, 0.3) is 22.7 Å². The zero-order chi connectivity index (χ0) is 26.9. The number of sulfone groups is 2. The van der Waals surface area contributed by atoms with E-state index in [1.165, 1.54) is 19.1 Å². The predicted molar refractivity (Wildman–Crippen MR) is 124 cm³/mol. The van der Waals surface area contributed by atoms with Crippen LogP contribution in [-0.4, -0.2) is 56.4 Å². The van der Waals surface area contributed by atoms with Crippen molar-refractivity contribution in [1.82, 2.24) is 9.97 Å². The minimum atomic E-state index is -5.62. The molecular weight excluding hydrogens is 524 g/mol. The highest BCUT2D eigenvalue weighted by Crippen LogP contribution is 2.38. The molecule has 0 unspecified atom stereocenters. The molecule has 0 aliphatic carbocycles. The average Bonchev–Trinajstić information content (AvgIpc) is 3.29. The Balaban J connectivity index is 1.90. The molecule has 9 nitrogen and oxygen atoms in total. The van der Waals surface area contributed by atoms with Crippen LogP contribution in [0.4, 0.5) is 13.2 Å². The van der Waals surface area contributed by atoms with Gasteiger partial charge in [0.05, 0.1) is 21.9 Å². The molecule has 1 aliphatic heterocycles. The Morgan fingerprint density at radius 1 is 0.944 bits per heavy atom.